The molecule has 1 aromatic rings. The van der Waals surface area contributed by atoms with Crippen molar-refractivity contribution in [1.29, 1.82) is 0 Å². The average molecular weight is 251 g/mol. The summed E-state index contributed by atoms with van der Waals surface area (Å²) in [6.07, 6.45) is 8.43. The zero-order valence-electron chi connectivity index (χ0n) is 11.5. The molecule has 0 aliphatic heterocycles. The third-order valence-corrected chi connectivity index (χ3v) is 4.30. The predicted octanol–water partition coefficient (Wildman–Crippen LogP) is 2.94. The number of rotatable bonds is 5. The smallest absolute Gasteiger partial charge is 0.100 e. The number of aliphatic hydroxyl groups is 1. The molecule has 1 aliphatic rings. The van der Waals surface area contributed by atoms with Gasteiger partial charge in [0.05, 0.1) is 11.9 Å². The molecule has 4 heteroatoms. The molecule has 1 unspecified atom stereocenters. The highest BCUT2D eigenvalue weighted by Gasteiger charge is 2.28. The number of hydrogen-bond donors (Lipinski definition) is 1. The maximum Gasteiger partial charge on any atom is 0.100 e. The fourth-order valence-corrected chi connectivity index (χ4v) is 3.03. The Kier molecular flexibility index (Phi) is 4.75. The molecular weight excluding hydrogens is 226 g/mol. The molecule has 0 amide bonds. The molecule has 4 nitrogen and oxygen atoms in total. The third kappa shape index (κ3) is 2.91. The van der Waals surface area contributed by atoms with Crippen molar-refractivity contribution in [2.24, 2.45) is 11.8 Å². The van der Waals surface area contributed by atoms with Crippen LogP contribution in [-0.4, -0.2) is 20.1 Å². The van der Waals surface area contributed by atoms with Crippen LogP contribution < -0.4 is 0 Å². The van der Waals surface area contributed by atoms with E-state index in [-0.39, 0.29) is 6.10 Å². The molecule has 102 valence electrons. The predicted molar refractivity (Wildman–Crippen MR) is 71.0 cm³/mol. The molecule has 1 aromatic heterocycles. The fourth-order valence-electron chi connectivity index (χ4n) is 3.03. The first-order valence-corrected chi connectivity index (χ1v) is 7.32. The normalized spacial score (nSPS) is 26.2. The Morgan fingerprint density at radius 1 is 1.33 bits per heavy atom. The minimum atomic E-state index is -0.385. The first-order chi connectivity index (χ1) is 8.76. The highest BCUT2D eigenvalue weighted by Crippen LogP contribution is 2.37. The molecule has 1 aliphatic carbocycles. The first kappa shape index (κ1) is 13.5. The number of aliphatic hydroxyl groups excluding tert-OH is 1. The summed E-state index contributed by atoms with van der Waals surface area (Å²) in [5, 5.41) is 18.5. The summed E-state index contributed by atoms with van der Waals surface area (Å²) in [7, 11) is 0. The van der Waals surface area contributed by atoms with Crippen LogP contribution in [0.15, 0.2) is 6.20 Å². The van der Waals surface area contributed by atoms with Crippen molar-refractivity contribution in [3.8, 4) is 0 Å². The van der Waals surface area contributed by atoms with E-state index in [1.54, 1.807) is 6.20 Å². The molecule has 0 radical (unpaired) electrons. The molecule has 0 bridgehead atoms. The van der Waals surface area contributed by atoms with Crippen LogP contribution in [0.25, 0.3) is 0 Å². The molecule has 18 heavy (non-hydrogen) atoms. The molecule has 1 N–H and O–H groups in total. The van der Waals surface area contributed by atoms with Gasteiger partial charge in [-0.2, -0.15) is 0 Å². The SMILES string of the molecule is CCCn1nncc1C(O)C1CCC(CC)CC1. The monoisotopic (exact) mass is 251 g/mol. The Morgan fingerprint density at radius 2 is 2.06 bits per heavy atom. The van der Waals surface area contributed by atoms with Crippen LogP contribution >= 0.6 is 0 Å². The van der Waals surface area contributed by atoms with Crippen molar-refractivity contribution in [3.05, 3.63) is 11.9 Å². The summed E-state index contributed by atoms with van der Waals surface area (Å²) in [5.41, 5.74) is 0.900. The lowest BCUT2D eigenvalue weighted by atomic mass is 9.78. The largest absolute Gasteiger partial charge is 0.386 e. The molecular formula is C14H25N3O. The molecule has 2 rings (SSSR count). The summed E-state index contributed by atoms with van der Waals surface area (Å²) in [4.78, 5) is 0. The van der Waals surface area contributed by atoms with E-state index in [0.717, 1.165) is 37.4 Å². The molecule has 1 atom stereocenters. The van der Waals surface area contributed by atoms with Crippen molar-refractivity contribution in [3.63, 3.8) is 0 Å². The maximum absolute atomic E-state index is 10.5. The molecule has 0 aromatic carbocycles. The Hall–Kier alpha value is -0.900. The van der Waals surface area contributed by atoms with Gasteiger partial charge in [0.1, 0.15) is 6.10 Å². The fraction of sp³-hybridized carbons (Fsp3) is 0.857. The number of nitrogens with zero attached hydrogens (tertiary/aromatic N) is 3. The second kappa shape index (κ2) is 6.32. The third-order valence-electron chi connectivity index (χ3n) is 4.30. The molecule has 1 heterocycles. The second-order valence-corrected chi connectivity index (χ2v) is 5.52. The minimum Gasteiger partial charge on any atom is -0.386 e. The van der Waals surface area contributed by atoms with Crippen LogP contribution in [0.5, 0.6) is 0 Å². The average Bonchev–Trinajstić information content (AvgIpc) is 2.87. The maximum atomic E-state index is 10.5. The summed E-state index contributed by atoms with van der Waals surface area (Å²) >= 11 is 0. The van der Waals surface area contributed by atoms with Crippen LogP contribution in [0, 0.1) is 11.8 Å². The summed E-state index contributed by atoms with van der Waals surface area (Å²) in [6.45, 7) is 5.22. The van der Waals surface area contributed by atoms with Gasteiger partial charge < -0.3 is 5.11 Å². The quantitative estimate of drug-likeness (QED) is 0.875. The van der Waals surface area contributed by atoms with Gasteiger partial charge in [0.15, 0.2) is 0 Å². The van der Waals surface area contributed by atoms with Crippen molar-refractivity contribution in [1.82, 2.24) is 15.0 Å². The zero-order chi connectivity index (χ0) is 13.0. The van der Waals surface area contributed by atoms with Crippen molar-refractivity contribution < 1.29 is 5.11 Å². The van der Waals surface area contributed by atoms with E-state index < -0.39 is 0 Å². The van der Waals surface area contributed by atoms with Crippen LogP contribution in [-0.2, 0) is 6.54 Å². The van der Waals surface area contributed by atoms with Gasteiger partial charge in [-0.05, 0) is 31.1 Å². The highest BCUT2D eigenvalue weighted by molar-refractivity contribution is 5.01. The Balaban J connectivity index is 1.98. The zero-order valence-corrected chi connectivity index (χ0v) is 11.5. The summed E-state index contributed by atoms with van der Waals surface area (Å²) < 4.78 is 1.86. The lowest BCUT2D eigenvalue weighted by Gasteiger charge is -2.31. The number of aryl methyl sites for hydroxylation is 1. The van der Waals surface area contributed by atoms with E-state index in [1.807, 2.05) is 4.68 Å². The minimum absolute atomic E-state index is 0.385. The van der Waals surface area contributed by atoms with Gasteiger partial charge in [-0.15, -0.1) is 5.10 Å². The summed E-state index contributed by atoms with van der Waals surface area (Å²) in [6, 6.07) is 0. The van der Waals surface area contributed by atoms with E-state index in [4.69, 9.17) is 0 Å². The Morgan fingerprint density at radius 3 is 2.67 bits per heavy atom. The van der Waals surface area contributed by atoms with Crippen molar-refractivity contribution in [2.75, 3.05) is 0 Å². The van der Waals surface area contributed by atoms with Crippen LogP contribution in [0.1, 0.15) is 64.2 Å². The van der Waals surface area contributed by atoms with Gasteiger partial charge in [0.25, 0.3) is 0 Å². The van der Waals surface area contributed by atoms with Gasteiger partial charge in [0.2, 0.25) is 0 Å². The van der Waals surface area contributed by atoms with E-state index >= 15 is 0 Å². The van der Waals surface area contributed by atoms with Gasteiger partial charge >= 0.3 is 0 Å². The van der Waals surface area contributed by atoms with Crippen molar-refractivity contribution in [2.45, 2.75) is 65.0 Å². The van der Waals surface area contributed by atoms with Gasteiger partial charge in [-0.25, -0.2) is 4.68 Å². The summed E-state index contributed by atoms with van der Waals surface area (Å²) in [5.74, 6) is 1.26. The van der Waals surface area contributed by atoms with E-state index in [9.17, 15) is 5.11 Å². The highest BCUT2D eigenvalue weighted by atomic mass is 16.3. The molecule has 0 spiro atoms. The van der Waals surface area contributed by atoms with Gasteiger partial charge in [-0.3, -0.25) is 0 Å². The van der Waals surface area contributed by atoms with E-state index in [0.29, 0.717) is 5.92 Å². The topological polar surface area (TPSA) is 50.9 Å². The molecule has 1 saturated carbocycles. The van der Waals surface area contributed by atoms with Gasteiger partial charge in [0, 0.05) is 6.54 Å². The Labute approximate surface area is 109 Å². The van der Waals surface area contributed by atoms with E-state index in [2.05, 4.69) is 24.2 Å². The number of aromatic nitrogens is 3. The lowest BCUT2D eigenvalue weighted by molar-refractivity contribution is 0.0655. The van der Waals surface area contributed by atoms with Crippen molar-refractivity contribution >= 4 is 0 Å². The van der Waals surface area contributed by atoms with Crippen LogP contribution in [0.4, 0.5) is 0 Å². The van der Waals surface area contributed by atoms with Gasteiger partial charge in [-0.1, -0.05) is 38.3 Å². The Bertz CT molecular complexity index is 356. The standard InChI is InChI=1S/C14H25N3O/c1-3-9-17-13(10-15-16-17)14(18)12-7-5-11(4-2)6-8-12/h10-12,14,18H,3-9H2,1-2H3. The van der Waals surface area contributed by atoms with Crippen LogP contribution in [0.3, 0.4) is 0 Å². The molecule has 0 saturated heterocycles. The molecule has 1 fully saturated rings. The lowest BCUT2D eigenvalue weighted by Crippen LogP contribution is -2.22. The van der Waals surface area contributed by atoms with E-state index in [1.165, 1.54) is 19.3 Å². The van der Waals surface area contributed by atoms with Crippen LogP contribution in [0.2, 0.25) is 0 Å². The first-order valence-electron chi connectivity index (χ1n) is 7.32. The number of hydrogen-bond acceptors (Lipinski definition) is 3. The second-order valence-electron chi connectivity index (χ2n) is 5.52.